The molecule has 4 aliphatic carbocycles. The molecular weight excluding hydrogens is 600 g/mol. The predicted octanol–water partition coefficient (Wildman–Crippen LogP) is 7.33. The largest absolute Gasteiger partial charge is 0.446 e. The summed E-state index contributed by atoms with van der Waals surface area (Å²) >= 11 is 0. The summed E-state index contributed by atoms with van der Waals surface area (Å²) in [6, 6.07) is -1.59. The normalized spacial score (nSPS) is 45.1. The van der Waals surface area contributed by atoms with Gasteiger partial charge in [-0.2, -0.15) is 0 Å². The van der Waals surface area contributed by atoms with Crippen molar-refractivity contribution in [1.29, 1.82) is 0 Å². The van der Waals surface area contributed by atoms with Crippen molar-refractivity contribution in [3.05, 3.63) is 11.6 Å². The quantitative estimate of drug-likeness (QED) is 0.149. The molecule has 8 nitrogen and oxygen atoms in total. The van der Waals surface area contributed by atoms with Gasteiger partial charge in [-0.25, -0.2) is 4.79 Å². The van der Waals surface area contributed by atoms with Crippen molar-refractivity contribution < 1.29 is 33.0 Å². The topological polar surface area (TPSA) is 94.5 Å². The van der Waals surface area contributed by atoms with Crippen LogP contribution in [-0.2, 0) is 23.3 Å². The van der Waals surface area contributed by atoms with E-state index in [-0.39, 0.29) is 24.7 Å². The van der Waals surface area contributed by atoms with Crippen molar-refractivity contribution in [1.82, 2.24) is 4.90 Å². The molecule has 2 saturated heterocycles. The number of likely N-dealkylation sites (tertiary alicyclic amines) is 1. The fourth-order valence-corrected chi connectivity index (χ4v) is 12.4. The Bertz CT molecular complexity index is 1220. The van der Waals surface area contributed by atoms with Crippen LogP contribution in [0.4, 0.5) is 4.79 Å². The highest BCUT2D eigenvalue weighted by Gasteiger charge is 2.66. The van der Waals surface area contributed by atoms with Gasteiger partial charge in [0.25, 0.3) is 0 Å². The van der Waals surface area contributed by atoms with Crippen molar-refractivity contribution in [2.24, 2.45) is 46.3 Å². The molecule has 6 aliphatic rings. The van der Waals surface area contributed by atoms with Crippen LogP contribution in [0.2, 0.25) is 0 Å². The summed E-state index contributed by atoms with van der Waals surface area (Å²) in [5, 5.41) is 0. The Kier molecular flexibility index (Phi) is 9.73. The minimum Gasteiger partial charge on any atom is -0.446 e. The molecule has 2 heterocycles. The van der Waals surface area contributed by atoms with Crippen LogP contribution < -0.4 is 0 Å². The Hall–Kier alpha value is -0.855. The molecule has 5 fully saturated rings. The van der Waals surface area contributed by atoms with Crippen LogP contribution in [0.1, 0.15) is 105 Å². The van der Waals surface area contributed by atoms with Gasteiger partial charge in [0.15, 0.2) is 0 Å². The first-order valence-corrected chi connectivity index (χ1v) is 20.2. The van der Waals surface area contributed by atoms with Crippen molar-refractivity contribution in [2.45, 2.75) is 135 Å². The number of rotatable bonds is 10. The predicted molar refractivity (Wildman–Crippen MR) is 180 cm³/mol. The van der Waals surface area contributed by atoms with Gasteiger partial charge in [0.05, 0.1) is 19.2 Å². The van der Waals surface area contributed by atoms with E-state index in [2.05, 4.69) is 40.7 Å². The molecular formula is C36H59BNO7P. The van der Waals surface area contributed by atoms with Crippen molar-refractivity contribution in [3.8, 4) is 0 Å². The lowest BCUT2D eigenvalue weighted by molar-refractivity contribution is -0.111. The van der Waals surface area contributed by atoms with E-state index >= 15 is 0 Å². The molecule has 46 heavy (non-hydrogen) atoms. The van der Waals surface area contributed by atoms with Gasteiger partial charge < -0.3 is 23.6 Å². The zero-order valence-corrected chi connectivity index (χ0v) is 30.3. The monoisotopic (exact) mass is 659 g/mol. The summed E-state index contributed by atoms with van der Waals surface area (Å²) in [4.78, 5) is 25.2. The van der Waals surface area contributed by atoms with Gasteiger partial charge in [-0.3, -0.25) is 9.46 Å². The second-order valence-electron chi connectivity index (χ2n) is 17.1. The highest BCUT2D eigenvalue weighted by atomic mass is 31.2. The van der Waals surface area contributed by atoms with E-state index in [4.69, 9.17) is 26.6 Å². The lowest BCUT2D eigenvalue weighted by Crippen LogP contribution is -2.53. The van der Waals surface area contributed by atoms with Gasteiger partial charge in [0.2, 0.25) is 0 Å². The van der Waals surface area contributed by atoms with Crippen molar-refractivity contribution >= 4 is 21.5 Å². The molecule has 3 saturated carbocycles. The lowest BCUT2D eigenvalue weighted by Gasteiger charge is -2.58. The Labute approximate surface area is 279 Å². The average Bonchev–Trinajstić information content (AvgIpc) is 3.55. The maximum atomic E-state index is 13.7. The van der Waals surface area contributed by atoms with Crippen LogP contribution in [0.3, 0.4) is 0 Å². The molecule has 0 aromatic heterocycles. The number of methoxy groups -OCH3 is 1. The van der Waals surface area contributed by atoms with E-state index in [9.17, 15) is 14.3 Å². The number of nitrogens with zero attached hydrogens (tertiary/aromatic N) is 1. The zero-order chi connectivity index (χ0) is 33.2. The summed E-state index contributed by atoms with van der Waals surface area (Å²) in [5.74, 6) is 4.75. The molecule has 0 aromatic carbocycles. The number of hydrogen-bond donors (Lipinski definition) is 1. The first kappa shape index (κ1) is 35.0. The maximum Gasteiger partial charge on any atom is 0.410 e. The minimum atomic E-state index is -3.88. The SMILES string of the molecule is [B][C@@H]1O[C@@]2(COC)CN(C(=O)O[C@H]3CC[C@@]4(C)C(=CCC5C6CCC([C@@H](C)CCCC(C)C)[C@@]6(C)CCC54)C3)[C@H]1C2OP(C)(=O)O. The zero-order valence-electron chi connectivity index (χ0n) is 29.4. The maximum absolute atomic E-state index is 13.7. The minimum absolute atomic E-state index is 0.0840. The summed E-state index contributed by atoms with van der Waals surface area (Å²) in [6.45, 7) is 13.7. The summed E-state index contributed by atoms with van der Waals surface area (Å²) in [6.07, 6.45) is 14.3. The Balaban J connectivity index is 1.11. The summed E-state index contributed by atoms with van der Waals surface area (Å²) < 4.78 is 35.3. The van der Waals surface area contributed by atoms with Crippen LogP contribution in [-0.4, -0.2) is 80.5 Å². The fraction of sp³-hybridized carbons (Fsp3) is 0.917. The fourth-order valence-electron chi connectivity index (χ4n) is 11.7. The number of carbonyl (C=O) groups excluding carboxylic acids is 1. The van der Waals surface area contributed by atoms with E-state index in [0.29, 0.717) is 11.3 Å². The highest BCUT2D eigenvalue weighted by Crippen LogP contribution is 2.67. The Morgan fingerprint density at radius 1 is 1.15 bits per heavy atom. The number of fused-ring (bicyclic) bond motifs is 7. The molecule has 2 radical (unpaired) electrons. The average molecular weight is 660 g/mol. The first-order chi connectivity index (χ1) is 21.6. The number of carbonyl (C=O) groups is 1. The highest BCUT2D eigenvalue weighted by molar-refractivity contribution is 7.51. The van der Waals surface area contributed by atoms with Gasteiger partial charge in [-0.15, -0.1) is 0 Å². The summed E-state index contributed by atoms with van der Waals surface area (Å²) in [7, 11) is 3.94. The second kappa shape index (κ2) is 12.8. The van der Waals surface area contributed by atoms with Crippen LogP contribution >= 0.6 is 7.60 Å². The number of hydrogen-bond acceptors (Lipinski definition) is 6. The second-order valence-corrected chi connectivity index (χ2v) is 18.9. The number of ether oxygens (including phenoxy) is 3. The molecule has 0 spiro atoms. The molecule has 6 rings (SSSR count). The van der Waals surface area contributed by atoms with Gasteiger partial charge in [0, 0.05) is 26.2 Å². The molecule has 2 aliphatic heterocycles. The van der Waals surface area contributed by atoms with Crippen LogP contribution in [0.5, 0.6) is 0 Å². The third-order valence-corrected chi connectivity index (χ3v) is 14.4. The van der Waals surface area contributed by atoms with Gasteiger partial charge in [-0.05, 0) is 91.3 Å². The third-order valence-electron chi connectivity index (χ3n) is 13.8. The molecule has 13 atom stereocenters. The lowest BCUT2D eigenvalue weighted by atomic mass is 9.47. The molecule has 10 heteroatoms. The molecule has 258 valence electrons. The van der Waals surface area contributed by atoms with Gasteiger partial charge in [0.1, 0.15) is 25.7 Å². The van der Waals surface area contributed by atoms with Crippen LogP contribution in [0.25, 0.3) is 0 Å². The van der Waals surface area contributed by atoms with Crippen molar-refractivity contribution in [3.63, 3.8) is 0 Å². The molecule has 1 N–H and O–H groups in total. The van der Waals surface area contributed by atoms with E-state index in [1.807, 2.05) is 0 Å². The number of amides is 1. The van der Waals surface area contributed by atoms with Gasteiger partial charge >= 0.3 is 13.7 Å². The summed E-state index contributed by atoms with van der Waals surface area (Å²) in [5.41, 5.74) is 1.00. The Morgan fingerprint density at radius 2 is 1.91 bits per heavy atom. The van der Waals surface area contributed by atoms with Crippen LogP contribution in [0.15, 0.2) is 11.6 Å². The van der Waals surface area contributed by atoms with Crippen LogP contribution in [0, 0.1) is 46.3 Å². The standard InChI is InChI=1S/C36H59BNO7P/c1-22(2)9-8-10-23(3)27-13-14-28-26-12-11-24-19-25(15-17-34(24,4)29(26)16-18-35(27,28)5)43-33(39)38-20-36(21-42-6)31(45-46(7,40)41)30(38)32(37)44-36/h11,22-23,25-32H,8-10,12-21H2,1-7H3,(H,40,41)/t23-,25-,26?,27?,28?,29?,30-,31?,32+,34-,35+,36+/m0/s1. The van der Waals surface area contributed by atoms with E-state index in [1.165, 1.54) is 62.5 Å². The van der Waals surface area contributed by atoms with E-state index in [1.54, 1.807) is 0 Å². The molecule has 6 unspecified atom stereocenters. The molecule has 2 bridgehead atoms. The first-order valence-electron chi connectivity index (χ1n) is 18.2. The van der Waals surface area contributed by atoms with E-state index < -0.39 is 37.4 Å². The smallest absolute Gasteiger partial charge is 0.410 e. The molecule has 1 amide bonds. The van der Waals surface area contributed by atoms with Crippen molar-refractivity contribution in [2.75, 3.05) is 26.9 Å². The van der Waals surface area contributed by atoms with E-state index in [0.717, 1.165) is 61.9 Å². The third kappa shape index (κ3) is 6.09. The Morgan fingerprint density at radius 3 is 2.61 bits per heavy atom. The number of allylic oxidation sites excluding steroid dienone is 1. The van der Waals surface area contributed by atoms with Gasteiger partial charge in [-0.1, -0.05) is 65.5 Å². The molecule has 0 aromatic rings. The number of morpholine rings is 1.